The number of nitrogens with zero attached hydrogens (tertiary/aromatic N) is 3. The number of H-pyrrole nitrogens is 1. The molecule has 2 heterocycles. The average molecular weight is 250 g/mol. The first kappa shape index (κ1) is 12.6. The fourth-order valence-electron chi connectivity index (χ4n) is 1.83. The summed E-state index contributed by atoms with van der Waals surface area (Å²) in [7, 11) is 1.81. The Morgan fingerprint density at radius 3 is 2.78 bits per heavy atom. The van der Waals surface area contributed by atoms with Gasteiger partial charge in [-0.05, 0) is 12.8 Å². The lowest BCUT2D eigenvalue weighted by molar-refractivity contribution is -0.118. The number of nitrogens with two attached hydrogens (primary N) is 1. The van der Waals surface area contributed by atoms with Crippen molar-refractivity contribution < 1.29 is 4.79 Å². The highest BCUT2D eigenvalue weighted by molar-refractivity contribution is 6.01. The number of aromatic nitrogens is 4. The van der Waals surface area contributed by atoms with E-state index in [2.05, 4.69) is 20.6 Å². The molecule has 2 rings (SSSR count). The predicted octanol–water partition coefficient (Wildman–Crippen LogP) is 0.527. The van der Waals surface area contributed by atoms with E-state index >= 15 is 0 Å². The van der Waals surface area contributed by atoms with Gasteiger partial charge < -0.3 is 11.1 Å². The molecular formula is C11H18N6O. The van der Waals surface area contributed by atoms with Gasteiger partial charge in [-0.25, -0.2) is 4.68 Å². The van der Waals surface area contributed by atoms with Gasteiger partial charge in [-0.1, -0.05) is 13.8 Å². The van der Waals surface area contributed by atoms with Crippen LogP contribution in [0.3, 0.4) is 0 Å². The van der Waals surface area contributed by atoms with Gasteiger partial charge >= 0.3 is 0 Å². The molecule has 0 saturated carbocycles. The van der Waals surface area contributed by atoms with E-state index in [-0.39, 0.29) is 11.8 Å². The molecule has 0 spiro atoms. The lowest BCUT2D eigenvalue weighted by atomic mass is 10.1. The normalized spacial score (nSPS) is 13.2. The minimum atomic E-state index is -0.541. The largest absolute Gasteiger partial charge is 0.320 e. The zero-order valence-corrected chi connectivity index (χ0v) is 11.0. The van der Waals surface area contributed by atoms with E-state index in [0.717, 1.165) is 11.1 Å². The standard InChI is InChI=1S/C11H18N6O/c1-5(2)8(12)11(18)13-9-7-6(3)16-17(4)10(7)15-14-9/h5,8H,12H2,1-4H3,(H2,13,14,15,18). The van der Waals surface area contributed by atoms with Crippen LogP contribution < -0.4 is 11.1 Å². The first-order valence-electron chi connectivity index (χ1n) is 5.86. The molecule has 0 aliphatic heterocycles. The Kier molecular flexibility index (Phi) is 3.08. The fraction of sp³-hybridized carbons (Fsp3) is 0.545. The van der Waals surface area contributed by atoms with E-state index in [1.807, 2.05) is 27.8 Å². The zero-order chi connectivity index (χ0) is 13.4. The maximum absolute atomic E-state index is 11.9. The van der Waals surface area contributed by atoms with Gasteiger partial charge in [0.1, 0.15) is 5.82 Å². The lowest BCUT2D eigenvalue weighted by Crippen LogP contribution is -2.39. The molecule has 98 valence electrons. The molecule has 7 nitrogen and oxygen atoms in total. The summed E-state index contributed by atoms with van der Waals surface area (Å²) >= 11 is 0. The summed E-state index contributed by atoms with van der Waals surface area (Å²) in [6, 6.07) is -0.541. The molecule has 2 aromatic heterocycles. The van der Waals surface area contributed by atoms with Gasteiger partial charge in [0.15, 0.2) is 5.65 Å². The van der Waals surface area contributed by atoms with E-state index in [0.29, 0.717) is 11.5 Å². The Morgan fingerprint density at radius 1 is 1.50 bits per heavy atom. The van der Waals surface area contributed by atoms with Crippen LogP contribution in [0.5, 0.6) is 0 Å². The third-order valence-corrected chi connectivity index (χ3v) is 2.98. The number of rotatable bonds is 3. The zero-order valence-electron chi connectivity index (χ0n) is 11.0. The van der Waals surface area contributed by atoms with Gasteiger partial charge in [-0.3, -0.25) is 9.89 Å². The highest BCUT2D eigenvalue weighted by Gasteiger charge is 2.20. The predicted molar refractivity (Wildman–Crippen MR) is 69.0 cm³/mol. The van der Waals surface area contributed by atoms with Gasteiger partial charge in [0, 0.05) is 7.05 Å². The van der Waals surface area contributed by atoms with Crippen molar-refractivity contribution in [3.8, 4) is 0 Å². The van der Waals surface area contributed by atoms with Crippen LogP contribution in [0, 0.1) is 12.8 Å². The second kappa shape index (κ2) is 4.41. The Labute approximate surface area is 105 Å². The number of carbonyl (C=O) groups excluding carboxylic acids is 1. The Balaban J connectivity index is 2.30. The molecule has 7 heteroatoms. The minimum Gasteiger partial charge on any atom is -0.320 e. The van der Waals surface area contributed by atoms with Crippen LogP contribution in [0.25, 0.3) is 11.0 Å². The van der Waals surface area contributed by atoms with Crippen molar-refractivity contribution >= 4 is 22.8 Å². The molecule has 18 heavy (non-hydrogen) atoms. The van der Waals surface area contributed by atoms with Crippen LogP contribution >= 0.6 is 0 Å². The van der Waals surface area contributed by atoms with Crippen molar-refractivity contribution in [2.75, 3.05) is 5.32 Å². The van der Waals surface area contributed by atoms with Gasteiger partial charge in [0.05, 0.1) is 17.1 Å². The van der Waals surface area contributed by atoms with Crippen LogP contribution in [0.2, 0.25) is 0 Å². The topological polar surface area (TPSA) is 102 Å². The number of fused-ring (bicyclic) bond motifs is 1. The average Bonchev–Trinajstić information content (AvgIpc) is 2.82. The molecule has 0 fully saturated rings. The molecule has 0 aliphatic carbocycles. The number of hydrogen-bond acceptors (Lipinski definition) is 4. The summed E-state index contributed by atoms with van der Waals surface area (Å²) in [5, 5.41) is 14.8. The summed E-state index contributed by atoms with van der Waals surface area (Å²) in [4.78, 5) is 11.9. The maximum Gasteiger partial charge on any atom is 0.242 e. The van der Waals surface area contributed by atoms with E-state index in [1.165, 1.54) is 0 Å². The Morgan fingerprint density at radius 2 is 2.17 bits per heavy atom. The second-order valence-corrected chi connectivity index (χ2v) is 4.77. The van der Waals surface area contributed by atoms with Gasteiger partial charge in [0.25, 0.3) is 0 Å². The molecule has 0 saturated heterocycles. The van der Waals surface area contributed by atoms with E-state index in [4.69, 9.17) is 5.73 Å². The Bertz CT molecular complexity index is 582. The Hall–Kier alpha value is -1.89. The summed E-state index contributed by atoms with van der Waals surface area (Å²) < 4.78 is 1.67. The molecule has 4 N–H and O–H groups in total. The molecule has 2 aromatic rings. The van der Waals surface area contributed by atoms with Crippen molar-refractivity contribution in [2.45, 2.75) is 26.8 Å². The molecule has 1 unspecified atom stereocenters. The van der Waals surface area contributed by atoms with Gasteiger partial charge in [0.2, 0.25) is 5.91 Å². The van der Waals surface area contributed by atoms with Crippen LogP contribution in [0.15, 0.2) is 0 Å². The quantitative estimate of drug-likeness (QED) is 0.739. The summed E-state index contributed by atoms with van der Waals surface area (Å²) in [5.74, 6) is 0.411. The minimum absolute atomic E-state index is 0.0819. The second-order valence-electron chi connectivity index (χ2n) is 4.77. The van der Waals surface area contributed by atoms with Gasteiger partial charge in [-0.2, -0.15) is 10.2 Å². The molecule has 1 amide bonds. The van der Waals surface area contributed by atoms with Crippen LogP contribution in [0.1, 0.15) is 19.5 Å². The highest BCUT2D eigenvalue weighted by Crippen LogP contribution is 2.23. The number of aromatic amines is 1. The third-order valence-electron chi connectivity index (χ3n) is 2.98. The van der Waals surface area contributed by atoms with Gasteiger partial charge in [-0.15, -0.1) is 0 Å². The number of nitrogens with one attached hydrogen (secondary N) is 2. The van der Waals surface area contributed by atoms with Crippen LogP contribution in [0.4, 0.5) is 5.82 Å². The summed E-state index contributed by atoms with van der Waals surface area (Å²) in [6.45, 7) is 5.68. The number of amides is 1. The fourth-order valence-corrected chi connectivity index (χ4v) is 1.83. The third kappa shape index (κ3) is 1.97. The molecule has 0 aromatic carbocycles. The maximum atomic E-state index is 11.9. The summed E-state index contributed by atoms with van der Waals surface area (Å²) in [6.07, 6.45) is 0. The smallest absolute Gasteiger partial charge is 0.242 e. The molecule has 0 radical (unpaired) electrons. The number of hydrogen-bond donors (Lipinski definition) is 3. The number of carbonyl (C=O) groups is 1. The highest BCUT2D eigenvalue weighted by atomic mass is 16.2. The monoisotopic (exact) mass is 250 g/mol. The van der Waals surface area contributed by atoms with Crippen molar-refractivity contribution in [1.29, 1.82) is 0 Å². The van der Waals surface area contributed by atoms with Crippen molar-refractivity contribution in [1.82, 2.24) is 20.0 Å². The summed E-state index contributed by atoms with van der Waals surface area (Å²) in [5.41, 5.74) is 7.32. The van der Waals surface area contributed by atoms with E-state index in [9.17, 15) is 4.79 Å². The van der Waals surface area contributed by atoms with Crippen molar-refractivity contribution in [3.63, 3.8) is 0 Å². The molecule has 0 aliphatic rings. The van der Waals surface area contributed by atoms with Crippen LogP contribution in [-0.4, -0.2) is 31.9 Å². The molecule has 0 bridgehead atoms. The van der Waals surface area contributed by atoms with E-state index < -0.39 is 6.04 Å². The lowest BCUT2D eigenvalue weighted by Gasteiger charge is -2.14. The number of aryl methyl sites for hydroxylation is 2. The molecule has 1 atom stereocenters. The number of anilines is 1. The van der Waals surface area contributed by atoms with E-state index in [1.54, 1.807) is 4.68 Å². The first-order valence-corrected chi connectivity index (χ1v) is 5.86. The van der Waals surface area contributed by atoms with Crippen molar-refractivity contribution in [2.24, 2.45) is 18.7 Å². The SMILES string of the molecule is Cc1nn(C)c2n[nH]c(NC(=O)C(N)C(C)C)c12. The first-order chi connectivity index (χ1) is 8.41. The molecular weight excluding hydrogens is 232 g/mol. The van der Waals surface area contributed by atoms with Crippen LogP contribution in [-0.2, 0) is 11.8 Å². The van der Waals surface area contributed by atoms with Crippen molar-refractivity contribution in [3.05, 3.63) is 5.69 Å².